The predicted molar refractivity (Wildman–Crippen MR) is 98.2 cm³/mol. The monoisotopic (exact) mass is 346 g/mol. The molecule has 0 saturated heterocycles. The molecule has 0 aliphatic rings. The number of nitrogens with one attached hydrogen (secondary N) is 1. The molecule has 4 rings (SSSR count). The first-order chi connectivity index (χ1) is 12.7. The average Bonchev–Trinajstić information content (AvgIpc) is 3.31. The molecule has 1 N–H and O–H groups in total. The number of rotatable bonds is 5. The van der Waals surface area contributed by atoms with Crippen LogP contribution in [0.4, 0.5) is 0 Å². The van der Waals surface area contributed by atoms with Gasteiger partial charge in [0.05, 0.1) is 11.6 Å². The van der Waals surface area contributed by atoms with Crippen molar-refractivity contribution in [1.82, 2.24) is 20.1 Å². The lowest BCUT2D eigenvalue weighted by atomic mass is 10.1. The summed E-state index contributed by atoms with van der Waals surface area (Å²) in [6.45, 7) is 2.19. The van der Waals surface area contributed by atoms with E-state index < -0.39 is 0 Å². The topological polar surface area (TPSA) is 73.0 Å². The SMILES string of the molecule is C[C@H](NC(=O)Cn1cc(-c2nnco2)c2ccccc21)c1ccccc1. The van der Waals surface area contributed by atoms with Crippen LogP contribution in [0.15, 0.2) is 71.6 Å². The number of benzene rings is 2. The van der Waals surface area contributed by atoms with Crippen molar-refractivity contribution in [3.8, 4) is 11.5 Å². The van der Waals surface area contributed by atoms with E-state index >= 15 is 0 Å². The zero-order chi connectivity index (χ0) is 17.9. The lowest BCUT2D eigenvalue weighted by Gasteiger charge is -2.15. The first kappa shape index (κ1) is 16.1. The van der Waals surface area contributed by atoms with Crippen LogP contribution in [0.3, 0.4) is 0 Å². The van der Waals surface area contributed by atoms with Gasteiger partial charge in [0, 0.05) is 17.1 Å². The summed E-state index contributed by atoms with van der Waals surface area (Å²) in [5.74, 6) is 0.386. The van der Waals surface area contributed by atoms with Crippen LogP contribution in [-0.4, -0.2) is 20.7 Å². The number of para-hydroxylation sites is 1. The van der Waals surface area contributed by atoms with Gasteiger partial charge in [0.2, 0.25) is 18.2 Å². The molecule has 6 nitrogen and oxygen atoms in total. The van der Waals surface area contributed by atoms with E-state index in [4.69, 9.17) is 4.42 Å². The molecule has 6 heteroatoms. The van der Waals surface area contributed by atoms with Crippen LogP contribution < -0.4 is 5.32 Å². The molecule has 0 radical (unpaired) electrons. The largest absolute Gasteiger partial charge is 0.423 e. The minimum atomic E-state index is -0.0563. The smallest absolute Gasteiger partial charge is 0.249 e. The summed E-state index contributed by atoms with van der Waals surface area (Å²) < 4.78 is 7.24. The fourth-order valence-electron chi connectivity index (χ4n) is 3.11. The van der Waals surface area contributed by atoms with Gasteiger partial charge in [0.15, 0.2) is 0 Å². The molecule has 1 amide bonds. The van der Waals surface area contributed by atoms with E-state index in [0.29, 0.717) is 5.89 Å². The van der Waals surface area contributed by atoms with Gasteiger partial charge in [-0.3, -0.25) is 4.79 Å². The quantitative estimate of drug-likeness (QED) is 0.599. The van der Waals surface area contributed by atoms with Crippen molar-refractivity contribution in [2.24, 2.45) is 0 Å². The molecule has 2 heterocycles. The Labute approximate surface area is 150 Å². The minimum absolute atomic E-state index is 0.0547. The molecular formula is C20H18N4O2. The van der Waals surface area contributed by atoms with Gasteiger partial charge in [-0.2, -0.15) is 0 Å². The highest BCUT2D eigenvalue weighted by atomic mass is 16.4. The lowest BCUT2D eigenvalue weighted by Crippen LogP contribution is -2.29. The van der Waals surface area contributed by atoms with Crippen LogP contribution in [0.2, 0.25) is 0 Å². The zero-order valence-corrected chi connectivity index (χ0v) is 14.3. The van der Waals surface area contributed by atoms with Gasteiger partial charge in [0.25, 0.3) is 0 Å². The Hall–Kier alpha value is -3.41. The van der Waals surface area contributed by atoms with Crippen molar-refractivity contribution in [1.29, 1.82) is 0 Å². The Bertz CT molecular complexity index is 1020. The second-order valence-electron chi connectivity index (χ2n) is 6.13. The third-order valence-corrected chi connectivity index (χ3v) is 4.37. The van der Waals surface area contributed by atoms with E-state index in [1.807, 2.05) is 72.3 Å². The maximum absolute atomic E-state index is 12.6. The Kier molecular flexibility index (Phi) is 4.23. The van der Waals surface area contributed by atoms with E-state index in [1.54, 1.807) is 0 Å². The molecule has 2 aromatic carbocycles. The first-order valence-corrected chi connectivity index (χ1v) is 8.41. The number of amides is 1. The number of hydrogen-bond acceptors (Lipinski definition) is 4. The molecule has 0 unspecified atom stereocenters. The Morgan fingerprint density at radius 2 is 1.92 bits per heavy atom. The third kappa shape index (κ3) is 3.09. The maximum Gasteiger partial charge on any atom is 0.249 e. The van der Waals surface area contributed by atoms with Gasteiger partial charge in [-0.25, -0.2) is 0 Å². The molecule has 0 spiro atoms. The van der Waals surface area contributed by atoms with Crippen molar-refractivity contribution in [2.45, 2.75) is 19.5 Å². The highest BCUT2D eigenvalue weighted by molar-refractivity contribution is 5.94. The van der Waals surface area contributed by atoms with Crippen LogP contribution in [0.5, 0.6) is 0 Å². The summed E-state index contributed by atoms with van der Waals surface area (Å²) in [6.07, 6.45) is 3.18. The Balaban J connectivity index is 1.58. The fraction of sp³-hybridized carbons (Fsp3) is 0.150. The molecule has 1 atom stereocenters. The summed E-state index contributed by atoms with van der Waals surface area (Å²) in [6, 6.07) is 17.7. The highest BCUT2D eigenvalue weighted by Gasteiger charge is 2.16. The van der Waals surface area contributed by atoms with E-state index in [2.05, 4.69) is 15.5 Å². The molecule has 0 fully saturated rings. The van der Waals surface area contributed by atoms with Crippen LogP contribution >= 0.6 is 0 Å². The second kappa shape index (κ2) is 6.84. The van der Waals surface area contributed by atoms with Crippen molar-refractivity contribution < 1.29 is 9.21 Å². The Morgan fingerprint density at radius 3 is 2.69 bits per heavy atom. The van der Waals surface area contributed by atoms with Crippen LogP contribution in [0.25, 0.3) is 22.4 Å². The number of carbonyl (C=O) groups is 1. The predicted octanol–water partition coefficient (Wildman–Crippen LogP) is 3.57. The van der Waals surface area contributed by atoms with Crippen molar-refractivity contribution in [2.75, 3.05) is 0 Å². The number of nitrogens with zero attached hydrogens (tertiary/aromatic N) is 3. The summed E-state index contributed by atoms with van der Waals surface area (Å²) in [5.41, 5.74) is 2.84. The molecule has 0 aliphatic carbocycles. The maximum atomic E-state index is 12.6. The molecule has 0 bridgehead atoms. The third-order valence-electron chi connectivity index (χ3n) is 4.37. The molecule has 2 aromatic heterocycles. The van der Waals surface area contributed by atoms with Crippen molar-refractivity contribution >= 4 is 16.8 Å². The number of aromatic nitrogens is 3. The van der Waals surface area contributed by atoms with Gasteiger partial charge in [0.1, 0.15) is 6.54 Å². The summed E-state index contributed by atoms with van der Waals surface area (Å²) in [4.78, 5) is 12.6. The number of fused-ring (bicyclic) bond motifs is 1. The van der Waals surface area contributed by atoms with Gasteiger partial charge in [-0.1, -0.05) is 48.5 Å². The highest BCUT2D eigenvalue weighted by Crippen LogP contribution is 2.29. The minimum Gasteiger partial charge on any atom is -0.423 e. The summed E-state index contributed by atoms with van der Waals surface area (Å²) >= 11 is 0. The number of hydrogen-bond donors (Lipinski definition) is 1. The van der Waals surface area contributed by atoms with Crippen molar-refractivity contribution in [3.63, 3.8) is 0 Å². The fourth-order valence-corrected chi connectivity index (χ4v) is 3.11. The molecule has 0 aliphatic heterocycles. The molecule has 26 heavy (non-hydrogen) atoms. The van der Waals surface area contributed by atoms with E-state index in [0.717, 1.165) is 22.0 Å². The standard InChI is InChI=1S/C20H18N4O2/c1-14(15-7-3-2-4-8-15)22-19(25)12-24-11-17(20-23-21-13-26-20)16-9-5-6-10-18(16)24/h2-11,13-14H,12H2,1H3,(H,22,25)/t14-/m0/s1. The van der Waals surface area contributed by atoms with Crippen LogP contribution in [0, 0.1) is 0 Å². The molecule has 0 saturated carbocycles. The molecule has 130 valence electrons. The van der Waals surface area contributed by atoms with Gasteiger partial charge in [-0.15, -0.1) is 10.2 Å². The van der Waals surface area contributed by atoms with Crippen LogP contribution in [0.1, 0.15) is 18.5 Å². The van der Waals surface area contributed by atoms with E-state index in [9.17, 15) is 4.79 Å². The Morgan fingerprint density at radius 1 is 1.15 bits per heavy atom. The zero-order valence-electron chi connectivity index (χ0n) is 14.3. The van der Waals surface area contributed by atoms with Crippen LogP contribution in [-0.2, 0) is 11.3 Å². The molecular weight excluding hydrogens is 328 g/mol. The summed E-state index contributed by atoms with van der Waals surface area (Å²) in [7, 11) is 0. The normalized spacial score (nSPS) is 12.2. The van der Waals surface area contributed by atoms with Crippen molar-refractivity contribution in [3.05, 3.63) is 72.8 Å². The van der Waals surface area contributed by atoms with Gasteiger partial charge in [-0.05, 0) is 18.6 Å². The van der Waals surface area contributed by atoms with E-state index in [1.165, 1.54) is 6.39 Å². The van der Waals surface area contributed by atoms with Gasteiger partial charge < -0.3 is 14.3 Å². The first-order valence-electron chi connectivity index (χ1n) is 8.41. The molecule has 4 aromatic rings. The van der Waals surface area contributed by atoms with E-state index in [-0.39, 0.29) is 18.5 Å². The summed E-state index contributed by atoms with van der Waals surface area (Å²) in [5, 5.41) is 11.7. The lowest BCUT2D eigenvalue weighted by molar-refractivity contribution is -0.122. The van der Waals surface area contributed by atoms with Gasteiger partial charge >= 0.3 is 0 Å². The second-order valence-corrected chi connectivity index (χ2v) is 6.13. The number of carbonyl (C=O) groups excluding carboxylic acids is 1. The average molecular weight is 346 g/mol.